The summed E-state index contributed by atoms with van der Waals surface area (Å²) in [7, 11) is -6.68. The van der Waals surface area contributed by atoms with E-state index >= 15 is 0 Å². The van der Waals surface area contributed by atoms with E-state index in [1.165, 1.54) is 43.5 Å². The third-order valence-electron chi connectivity index (χ3n) is 4.67. The van der Waals surface area contributed by atoms with E-state index in [-0.39, 0.29) is 15.4 Å². The molecular weight excluding hydrogens is 422 g/mol. The highest BCUT2D eigenvalue weighted by atomic mass is 32.2. The highest BCUT2D eigenvalue weighted by molar-refractivity contribution is 7.94. The second-order valence-electron chi connectivity index (χ2n) is 6.95. The molecule has 0 saturated carbocycles. The van der Waals surface area contributed by atoms with Crippen LogP contribution in [0.3, 0.4) is 0 Å². The fourth-order valence-electron chi connectivity index (χ4n) is 2.88. The molecule has 0 saturated heterocycles. The van der Waals surface area contributed by atoms with Gasteiger partial charge in [0, 0.05) is 0 Å². The zero-order valence-electron chi connectivity index (χ0n) is 16.9. The van der Waals surface area contributed by atoms with E-state index in [2.05, 4.69) is 4.72 Å². The van der Waals surface area contributed by atoms with Crippen molar-refractivity contribution < 1.29 is 21.6 Å². The molecule has 1 N–H and O–H groups in total. The van der Waals surface area contributed by atoms with Crippen LogP contribution in [0.25, 0.3) is 0 Å². The lowest BCUT2D eigenvalue weighted by atomic mass is 10.2. The quantitative estimate of drug-likeness (QED) is 0.598. The lowest BCUT2D eigenvalue weighted by Crippen LogP contribution is -2.34. The van der Waals surface area contributed by atoms with Gasteiger partial charge in [-0.15, -0.1) is 0 Å². The van der Waals surface area contributed by atoms with Crippen molar-refractivity contribution in [2.75, 3.05) is 7.11 Å². The summed E-state index contributed by atoms with van der Waals surface area (Å²) < 4.78 is 60.3. The molecule has 0 aromatic heterocycles. The smallest absolute Gasteiger partial charge is 0.242 e. The molecule has 158 valence electrons. The number of sulfone groups is 1. The lowest BCUT2D eigenvalue weighted by Gasteiger charge is -2.20. The van der Waals surface area contributed by atoms with Gasteiger partial charge in [0.05, 0.1) is 16.9 Å². The molecule has 3 aromatic rings. The largest absolute Gasteiger partial charge is 0.497 e. The third-order valence-corrected chi connectivity index (χ3v) is 8.20. The number of hydrogen-bond acceptors (Lipinski definition) is 5. The van der Waals surface area contributed by atoms with Crippen LogP contribution < -0.4 is 9.46 Å². The van der Waals surface area contributed by atoms with Crippen molar-refractivity contribution in [3.63, 3.8) is 0 Å². The molecular formula is C22H23NO5S2. The number of sulfonamides is 1. The van der Waals surface area contributed by atoms with Gasteiger partial charge in [-0.3, -0.25) is 0 Å². The van der Waals surface area contributed by atoms with Gasteiger partial charge in [-0.25, -0.2) is 16.8 Å². The molecule has 6 nitrogen and oxygen atoms in total. The first-order chi connectivity index (χ1) is 14.1. The van der Waals surface area contributed by atoms with Gasteiger partial charge >= 0.3 is 0 Å². The topological polar surface area (TPSA) is 89.5 Å². The second-order valence-corrected chi connectivity index (χ2v) is 10.7. The molecule has 3 aromatic carbocycles. The molecule has 0 heterocycles. The Morgan fingerprint density at radius 2 is 1.17 bits per heavy atom. The summed E-state index contributed by atoms with van der Waals surface area (Å²) in [5.41, 5.74) is 2.08. The predicted molar refractivity (Wildman–Crippen MR) is 116 cm³/mol. The van der Waals surface area contributed by atoms with Gasteiger partial charge in [0.2, 0.25) is 10.0 Å². The van der Waals surface area contributed by atoms with E-state index in [0.717, 1.165) is 11.1 Å². The Bertz CT molecular complexity index is 1220. The molecule has 8 heteroatoms. The molecule has 0 aliphatic heterocycles. The Kier molecular flexibility index (Phi) is 6.30. The van der Waals surface area contributed by atoms with Gasteiger partial charge in [-0.05, 0) is 55.8 Å². The number of benzene rings is 3. The van der Waals surface area contributed by atoms with Crippen LogP contribution in [-0.2, 0) is 19.9 Å². The van der Waals surface area contributed by atoms with Crippen molar-refractivity contribution in [1.82, 2.24) is 4.72 Å². The van der Waals surface area contributed by atoms with E-state index in [0.29, 0.717) is 5.75 Å². The SMILES string of the molecule is COc1ccc(C(NS(=O)(=O)c2ccc(C)cc2)S(=O)(=O)c2ccc(C)cc2)cc1. The zero-order chi connectivity index (χ0) is 21.9. The van der Waals surface area contributed by atoms with Crippen LogP contribution in [0.1, 0.15) is 22.1 Å². The highest BCUT2D eigenvalue weighted by Gasteiger charge is 2.33. The van der Waals surface area contributed by atoms with Crippen molar-refractivity contribution in [3.05, 3.63) is 89.5 Å². The van der Waals surface area contributed by atoms with Crippen molar-refractivity contribution in [1.29, 1.82) is 0 Å². The fourth-order valence-corrected chi connectivity index (χ4v) is 6.12. The van der Waals surface area contributed by atoms with E-state index in [9.17, 15) is 16.8 Å². The first-order valence-corrected chi connectivity index (χ1v) is 12.2. The molecule has 0 bridgehead atoms. The molecule has 0 fully saturated rings. The molecule has 3 rings (SSSR count). The summed E-state index contributed by atoms with van der Waals surface area (Å²) in [6.45, 7) is 3.68. The first kappa shape index (κ1) is 22.0. The minimum Gasteiger partial charge on any atom is -0.497 e. The lowest BCUT2D eigenvalue weighted by molar-refractivity contribution is 0.414. The van der Waals surface area contributed by atoms with Crippen LogP contribution in [0, 0.1) is 13.8 Å². The van der Waals surface area contributed by atoms with Crippen molar-refractivity contribution in [2.45, 2.75) is 29.0 Å². The minimum atomic E-state index is -4.10. The van der Waals surface area contributed by atoms with E-state index in [1.807, 2.05) is 13.8 Å². The Hall–Kier alpha value is -2.68. The molecule has 30 heavy (non-hydrogen) atoms. The van der Waals surface area contributed by atoms with Gasteiger partial charge in [-0.1, -0.05) is 47.5 Å². The fraction of sp³-hybridized carbons (Fsp3) is 0.182. The Morgan fingerprint density at radius 3 is 1.63 bits per heavy atom. The van der Waals surface area contributed by atoms with E-state index < -0.39 is 25.2 Å². The predicted octanol–water partition coefficient (Wildman–Crippen LogP) is 3.76. The molecule has 0 spiro atoms. The number of ether oxygens (including phenoxy) is 1. The first-order valence-electron chi connectivity index (χ1n) is 9.17. The van der Waals surface area contributed by atoms with Crippen LogP contribution in [0.15, 0.2) is 82.6 Å². The summed E-state index contributed by atoms with van der Waals surface area (Å²) in [6.07, 6.45) is 0. The zero-order valence-corrected chi connectivity index (χ0v) is 18.5. The Morgan fingerprint density at radius 1 is 0.700 bits per heavy atom. The molecule has 0 amide bonds. The van der Waals surface area contributed by atoms with Crippen molar-refractivity contribution in [2.24, 2.45) is 0 Å². The van der Waals surface area contributed by atoms with Crippen LogP contribution in [0.4, 0.5) is 0 Å². The standard InChI is InChI=1S/C22H23NO5S2/c1-16-4-12-20(13-5-16)29(24,25)22(18-8-10-19(28-3)11-9-18)23-30(26,27)21-14-6-17(2)7-15-21/h4-15,22-23H,1-3H3. The van der Waals surface area contributed by atoms with Crippen LogP contribution in [0.5, 0.6) is 5.75 Å². The summed E-state index contributed by atoms with van der Waals surface area (Å²) in [4.78, 5) is 0.0197. The van der Waals surface area contributed by atoms with Crippen molar-refractivity contribution in [3.8, 4) is 5.75 Å². The highest BCUT2D eigenvalue weighted by Crippen LogP contribution is 2.30. The number of nitrogens with one attached hydrogen (secondary N) is 1. The maximum atomic E-state index is 13.4. The molecule has 0 aliphatic rings. The monoisotopic (exact) mass is 445 g/mol. The molecule has 0 radical (unpaired) electrons. The van der Waals surface area contributed by atoms with Gasteiger partial charge in [0.25, 0.3) is 0 Å². The van der Waals surface area contributed by atoms with Crippen LogP contribution in [0.2, 0.25) is 0 Å². The third kappa shape index (κ3) is 4.72. The number of hydrogen-bond donors (Lipinski definition) is 1. The van der Waals surface area contributed by atoms with Gasteiger partial charge in [-0.2, -0.15) is 4.72 Å². The summed E-state index contributed by atoms with van der Waals surface area (Å²) >= 11 is 0. The average molecular weight is 446 g/mol. The summed E-state index contributed by atoms with van der Waals surface area (Å²) in [6, 6.07) is 18.8. The second kappa shape index (κ2) is 8.59. The summed E-state index contributed by atoms with van der Waals surface area (Å²) in [5.74, 6) is 0.534. The molecule has 0 aliphatic carbocycles. The Balaban J connectivity index is 2.09. The maximum Gasteiger partial charge on any atom is 0.242 e. The average Bonchev–Trinajstić information content (AvgIpc) is 2.73. The number of rotatable bonds is 7. The number of aryl methyl sites for hydroxylation is 2. The Labute approximate surface area is 177 Å². The van der Waals surface area contributed by atoms with Gasteiger partial charge in [0.1, 0.15) is 5.75 Å². The van der Waals surface area contributed by atoms with Crippen LogP contribution in [-0.4, -0.2) is 23.9 Å². The minimum absolute atomic E-state index is 0.00859. The van der Waals surface area contributed by atoms with Crippen molar-refractivity contribution >= 4 is 19.9 Å². The number of methoxy groups -OCH3 is 1. The maximum absolute atomic E-state index is 13.4. The molecule has 1 atom stereocenters. The normalized spacial score (nSPS) is 13.0. The van der Waals surface area contributed by atoms with E-state index in [4.69, 9.17) is 4.74 Å². The van der Waals surface area contributed by atoms with E-state index in [1.54, 1.807) is 36.4 Å². The summed E-state index contributed by atoms with van der Waals surface area (Å²) in [5, 5.41) is -1.50. The van der Waals surface area contributed by atoms with Gasteiger partial charge < -0.3 is 4.74 Å². The van der Waals surface area contributed by atoms with Crippen LogP contribution >= 0.6 is 0 Å². The molecule has 1 unspecified atom stereocenters. The van der Waals surface area contributed by atoms with Gasteiger partial charge in [0.15, 0.2) is 15.2 Å².